The van der Waals surface area contributed by atoms with Gasteiger partial charge >= 0.3 is 181 Å². The van der Waals surface area contributed by atoms with Crippen molar-refractivity contribution in [3.63, 3.8) is 0 Å². The van der Waals surface area contributed by atoms with Crippen LogP contribution in [0.15, 0.2) is 113 Å². The van der Waals surface area contributed by atoms with Crippen molar-refractivity contribution in [2.45, 2.75) is 25.7 Å². The summed E-state index contributed by atoms with van der Waals surface area (Å²) in [6.07, 6.45) is 8.96. The molecule has 1 aliphatic carbocycles. The van der Waals surface area contributed by atoms with Gasteiger partial charge in [0.15, 0.2) is 0 Å². The fraction of sp³-hybridized carbons (Fsp3) is 0.185. The molecule has 0 amide bonds. The van der Waals surface area contributed by atoms with Crippen LogP contribution < -0.4 is 0 Å². The molecule has 0 aromatic heterocycles. The van der Waals surface area contributed by atoms with E-state index >= 15 is 0 Å². The van der Waals surface area contributed by atoms with Crippen molar-refractivity contribution in [2.75, 3.05) is 0 Å². The summed E-state index contributed by atoms with van der Waals surface area (Å²) >= 11 is 2.31. The Morgan fingerprint density at radius 3 is 1.32 bits per heavy atom. The molecule has 0 unspecified atom stereocenters. The fourth-order valence-electron chi connectivity index (χ4n) is 4.44. The van der Waals surface area contributed by atoms with Gasteiger partial charge < -0.3 is 0 Å². The van der Waals surface area contributed by atoms with Crippen LogP contribution in [0.4, 0.5) is 0 Å². The Bertz CT molecular complexity index is 851. The van der Waals surface area contributed by atoms with E-state index in [1.54, 1.807) is 0 Å². The molecule has 0 N–H and O–H groups in total. The Balaban J connectivity index is 1.82. The third kappa shape index (κ3) is 4.46. The fourth-order valence-corrected chi connectivity index (χ4v) is 5.16. The molecule has 0 atom stereocenters. The summed E-state index contributed by atoms with van der Waals surface area (Å²) in [4.78, 5) is 0. The van der Waals surface area contributed by atoms with Gasteiger partial charge in [0.2, 0.25) is 0 Å². The van der Waals surface area contributed by atoms with E-state index in [1.165, 1.54) is 26.1 Å². The molecule has 1 heteroatoms. The van der Waals surface area contributed by atoms with Gasteiger partial charge in [0.05, 0.1) is 0 Å². The van der Waals surface area contributed by atoms with Gasteiger partial charge in [-0.2, -0.15) is 0 Å². The topological polar surface area (TPSA) is 0 Å². The second-order valence-corrected chi connectivity index (χ2v) is 8.71. The first-order valence-electron chi connectivity index (χ1n) is 9.99. The monoisotopic (exact) mass is 397 g/mol. The first-order valence-corrected chi connectivity index (χ1v) is 10.8. The van der Waals surface area contributed by atoms with Gasteiger partial charge in [-0.1, -0.05) is 0 Å². The number of hydrogen-bond donors (Lipinski definition) is 0. The van der Waals surface area contributed by atoms with Crippen molar-refractivity contribution >= 4 is 0 Å². The predicted molar refractivity (Wildman–Crippen MR) is 114 cm³/mol. The Morgan fingerprint density at radius 2 is 1.00 bits per heavy atom. The van der Waals surface area contributed by atoms with Crippen LogP contribution in [0.2, 0.25) is 0 Å². The molecule has 0 heterocycles. The molecule has 28 heavy (non-hydrogen) atoms. The number of benzene rings is 3. The Kier molecular flexibility index (Phi) is 6.10. The van der Waals surface area contributed by atoms with E-state index in [0.717, 1.165) is 25.7 Å². The van der Waals surface area contributed by atoms with Gasteiger partial charge in [-0.3, -0.25) is 0 Å². The van der Waals surface area contributed by atoms with Crippen LogP contribution in [0, 0.1) is 5.41 Å². The van der Waals surface area contributed by atoms with Crippen LogP contribution in [-0.4, -0.2) is 0 Å². The Labute approximate surface area is 180 Å². The standard InChI is InChI=1S/C27H25.Ti/c1-4-12-23(13-5-1)20-27(26-18-10-11-19-26,21-24-14-6-2-7-15-24)22-25-16-8-3-9-17-25;/h1-10,12-18H,11,20-22H2;. The van der Waals surface area contributed by atoms with Crippen LogP contribution in [0.5, 0.6) is 0 Å². The predicted octanol–water partition coefficient (Wildman–Crippen LogP) is 6.46. The normalized spacial score (nSPS) is 13.8. The van der Waals surface area contributed by atoms with Crippen LogP contribution in [-0.2, 0) is 39.7 Å². The van der Waals surface area contributed by atoms with E-state index < -0.39 is 0 Å². The van der Waals surface area contributed by atoms with Crippen molar-refractivity contribution in [1.29, 1.82) is 0 Å². The third-order valence-electron chi connectivity index (χ3n) is 5.66. The van der Waals surface area contributed by atoms with Crippen molar-refractivity contribution in [3.8, 4) is 0 Å². The first-order chi connectivity index (χ1) is 13.8. The molecule has 1 aliphatic rings. The molecule has 3 aromatic carbocycles. The van der Waals surface area contributed by atoms with E-state index in [9.17, 15) is 0 Å². The van der Waals surface area contributed by atoms with Gasteiger partial charge in [-0.05, 0) is 0 Å². The van der Waals surface area contributed by atoms with E-state index in [-0.39, 0.29) is 5.41 Å². The molecule has 0 saturated carbocycles. The summed E-state index contributed by atoms with van der Waals surface area (Å²) in [5, 5.41) is 0. The molecule has 3 aromatic rings. The van der Waals surface area contributed by atoms with Gasteiger partial charge in [0.1, 0.15) is 0 Å². The van der Waals surface area contributed by atoms with E-state index in [2.05, 4.69) is 124 Å². The van der Waals surface area contributed by atoms with Gasteiger partial charge in [-0.25, -0.2) is 0 Å². The second-order valence-electron chi connectivity index (χ2n) is 7.77. The third-order valence-corrected chi connectivity index (χ3v) is 6.40. The molecule has 0 radical (unpaired) electrons. The maximum atomic E-state index is 2.39. The average molecular weight is 397 g/mol. The summed E-state index contributed by atoms with van der Waals surface area (Å²) in [5.74, 6) is 0. The van der Waals surface area contributed by atoms with Gasteiger partial charge in [-0.15, -0.1) is 0 Å². The van der Waals surface area contributed by atoms with Crippen molar-refractivity contribution in [2.24, 2.45) is 5.41 Å². The van der Waals surface area contributed by atoms with Gasteiger partial charge in [0.25, 0.3) is 0 Å². The SMILES string of the molecule is [Ti][C]1=C(C(Cc2ccccc2)(Cc2ccccc2)Cc2ccccc2)C=CC1. The molecule has 0 nitrogen and oxygen atoms in total. The molecule has 0 fully saturated rings. The second kappa shape index (κ2) is 8.90. The quantitative estimate of drug-likeness (QED) is 0.401. The Hall–Kier alpha value is -2.15. The zero-order valence-electron chi connectivity index (χ0n) is 16.1. The molecule has 4 rings (SSSR count). The number of rotatable bonds is 7. The number of hydrogen-bond acceptors (Lipinski definition) is 0. The molecule has 0 aliphatic heterocycles. The van der Waals surface area contributed by atoms with E-state index in [1.807, 2.05) is 0 Å². The zero-order chi connectivity index (χ0) is 19.2. The molecule has 0 saturated heterocycles. The summed E-state index contributed by atoms with van der Waals surface area (Å²) < 4.78 is 1.52. The molecule has 137 valence electrons. The minimum absolute atomic E-state index is 0.0567. The molecule has 0 spiro atoms. The first kappa shape index (κ1) is 19.2. The summed E-state index contributed by atoms with van der Waals surface area (Å²) in [6, 6.07) is 33.0. The number of allylic oxidation sites excluding steroid dienone is 4. The van der Waals surface area contributed by atoms with E-state index in [4.69, 9.17) is 0 Å². The van der Waals surface area contributed by atoms with Gasteiger partial charge in [0, 0.05) is 0 Å². The van der Waals surface area contributed by atoms with Crippen LogP contribution in [0.1, 0.15) is 23.1 Å². The molecular weight excluding hydrogens is 372 g/mol. The van der Waals surface area contributed by atoms with E-state index in [0.29, 0.717) is 0 Å². The molecule has 0 bridgehead atoms. The summed E-state index contributed by atoms with van der Waals surface area (Å²) in [7, 11) is 0. The Morgan fingerprint density at radius 1 is 0.607 bits per heavy atom. The summed E-state index contributed by atoms with van der Waals surface area (Å²) in [5.41, 5.74) is 5.82. The van der Waals surface area contributed by atoms with Crippen molar-refractivity contribution < 1.29 is 20.4 Å². The summed E-state index contributed by atoms with van der Waals surface area (Å²) in [6.45, 7) is 0. The zero-order valence-corrected chi connectivity index (χ0v) is 17.7. The van der Waals surface area contributed by atoms with Crippen molar-refractivity contribution in [1.82, 2.24) is 0 Å². The van der Waals surface area contributed by atoms with Crippen LogP contribution >= 0.6 is 0 Å². The molecular formula is C27H25Ti. The van der Waals surface area contributed by atoms with Crippen molar-refractivity contribution in [3.05, 3.63) is 129 Å². The average Bonchev–Trinajstić information content (AvgIpc) is 3.17. The van der Waals surface area contributed by atoms with Crippen LogP contribution in [0.3, 0.4) is 0 Å². The maximum absolute atomic E-state index is 2.39. The minimum atomic E-state index is 0.0567. The van der Waals surface area contributed by atoms with Crippen LogP contribution in [0.25, 0.3) is 0 Å².